The van der Waals surface area contributed by atoms with Gasteiger partial charge in [-0.3, -0.25) is 4.99 Å². The minimum absolute atomic E-state index is 0. The highest BCUT2D eigenvalue weighted by atomic mass is 127. The first-order valence-electron chi connectivity index (χ1n) is 6.45. The fourth-order valence-electron chi connectivity index (χ4n) is 2.11. The zero-order valence-corrected chi connectivity index (χ0v) is 14.5. The Bertz CT molecular complexity index is 466. The molecule has 2 rings (SSSR count). The maximum absolute atomic E-state index is 5.36. The average Bonchev–Trinajstić information content (AvgIpc) is 2.84. The van der Waals surface area contributed by atoms with E-state index in [0.717, 1.165) is 49.1 Å². The van der Waals surface area contributed by atoms with E-state index in [1.54, 1.807) is 14.2 Å². The molecular weight excluding hydrogens is 369 g/mol. The Kier molecular flexibility index (Phi) is 6.90. The summed E-state index contributed by atoms with van der Waals surface area (Å²) < 4.78 is 10.6. The lowest BCUT2D eigenvalue weighted by molar-refractivity contribution is 0.398. The normalized spacial score (nSPS) is 13.6. The molecule has 0 unspecified atom stereocenters. The summed E-state index contributed by atoms with van der Waals surface area (Å²) in [5.41, 5.74) is 1.13. The number of nitrogens with one attached hydrogen (secondary N) is 1. The van der Waals surface area contributed by atoms with Gasteiger partial charge in [-0.1, -0.05) is 0 Å². The summed E-state index contributed by atoms with van der Waals surface area (Å²) in [6, 6.07) is 5.86. The summed E-state index contributed by atoms with van der Waals surface area (Å²) in [5.74, 6) is 2.72. The summed E-state index contributed by atoms with van der Waals surface area (Å²) in [7, 11) is 5.41. The van der Waals surface area contributed by atoms with Crippen molar-refractivity contribution in [3.05, 3.63) is 23.8 Å². The summed E-state index contributed by atoms with van der Waals surface area (Å²) in [4.78, 5) is 6.53. The first-order chi connectivity index (χ1) is 9.24. The van der Waals surface area contributed by atoms with Crippen LogP contribution >= 0.6 is 24.0 Å². The van der Waals surface area contributed by atoms with Crippen LogP contribution in [0, 0.1) is 0 Å². The van der Waals surface area contributed by atoms with Crippen molar-refractivity contribution in [3.8, 4) is 11.5 Å². The van der Waals surface area contributed by atoms with Gasteiger partial charge in [0, 0.05) is 20.1 Å². The van der Waals surface area contributed by atoms with Crippen LogP contribution in [-0.4, -0.2) is 51.8 Å². The van der Waals surface area contributed by atoms with E-state index in [2.05, 4.69) is 15.2 Å². The van der Waals surface area contributed by atoms with Gasteiger partial charge in [-0.15, -0.1) is 24.0 Å². The molecule has 112 valence electrons. The molecule has 0 amide bonds. The van der Waals surface area contributed by atoms with Crippen LogP contribution in [0.25, 0.3) is 0 Å². The van der Waals surface area contributed by atoms with Crippen LogP contribution in [0.3, 0.4) is 0 Å². The Labute approximate surface area is 137 Å². The maximum atomic E-state index is 5.36. The number of guanidine groups is 1. The smallest absolute Gasteiger partial charge is 0.193 e. The zero-order chi connectivity index (χ0) is 13.7. The first kappa shape index (κ1) is 16.9. The van der Waals surface area contributed by atoms with Gasteiger partial charge < -0.3 is 19.7 Å². The van der Waals surface area contributed by atoms with Crippen LogP contribution in [0.2, 0.25) is 0 Å². The van der Waals surface area contributed by atoms with Crippen molar-refractivity contribution in [2.75, 3.05) is 40.9 Å². The standard InChI is InChI=1S/C14H21N3O2.HI/c1-17-9-8-16-14(17)15-7-6-11-10-12(18-2)4-5-13(11)19-3;/h4-5,10H,6-9H2,1-3H3,(H,15,16);1H. The molecule has 5 nitrogen and oxygen atoms in total. The van der Waals surface area contributed by atoms with Crippen LogP contribution in [0.4, 0.5) is 0 Å². The molecule has 1 aromatic carbocycles. The fourth-order valence-corrected chi connectivity index (χ4v) is 2.11. The molecule has 0 fully saturated rings. The molecule has 1 aliphatic rings. The quantitative estimate of drug-likeness (QED) is 0.778. The minimum atomic E-state index is 0. The molecule has 0 radical (unpaired) electrons. The Morgan fingerprint density at radius 3 is 2.70 bits per heavy atom. The topological polar surface area (TPSA) is 46.1 Å². The molecule has 6 heteroatoms. The van der Waals surface area contributed by atoms with Crippen LogP contribution in [-0.2, 0) is 6.42 Å². The number of benzene rings is 1. The van der Waals surface area contributed by atoms with E-state index >= 15 is 0 Å². The van der Waals surface area contributed by atoms with Crippen LogP contribution in [0.5, 0.6) is 11.5 Å². The van der Waals surface area contributed by atoms with Crippen molar-refractivity contribution in [1.82, 2.24) is 10.2 Å². The van der Waals surface area contributed by atoms with E-state index in [1.165, 1.54) is 0 Å². The second kappa shape index (κ2) is 8.18. The van der Waals surface area contributed by atoms with Gasteiger partial charge >= 0.3 is 0 Å². The van der Waals surface area contributed by atoms with Crippen LogP contribution in [0.1, 0.15) is 5.56 Å². The number of ether oxygens (including phenoxy) is 2. The van der Waals surface area contributed by atoms with Gasteiger partial charge in [0.25, 0.3) is 0 Å². The molecule has 1 aliphatic heterocycles. The van der Waals surface area contributed by atoms with Crippen molar-refractivity contribution >= 4 is 29.9 Å². The number of nitrogens with zero attached hydrogens (tertiary/aromatic N) is 2. The van der Waals surface area contributed by atoms with Crippen molar-refractivity contribution in [3.63, 3.8) is 0 Å². The second-order valence-electron chi connectivity index (χ2n) is 4.48. The summed E-state index contributed by atoms with van der Waals surface area (Å²) in [6.45, 7) is 2.69. The van der Waals surface area contributed by atoms with Gasteiger partial charge in [-0.05, 0) is 30.2 Å². The highest BCUT2D eigenvalue weighted by Crippen LogP contribution is 2.24. The molecule has 1 heterocycles. The molecule has 0 aliphatic carbocycles. The van der Waals surface area contributed by atoms with E-state index in [9.17, 15) is 0 Å². The lowest BCUT2D eigenvalue weighted by Gasteiger charge is -2.16. The van der Waals surface area contributed by atoms with Gasteiger partial charge in [-0.2, -0.15) is 0 Å². The van der Waals surface area contributed by atoms with Gasteiger partial charge in [0.05, 0.1) is 20.8 Å². The minimum Gasteiger partial charge on any atom is -0.497 e. The molecule has 0 aromatic heterocycles. The molecule has 0 saturated carbocycles. The lowest BCUT2D eigenvalue weighted by atomic mass is 10.1. The Morgan fingerprint density at radius 2 is 2.10 bits per heavy atom. The number of aliphatic imine (C=N–C) groups is 1. The van der Waals surface area contributed by atoms with Gasteiger partial charge in [-0.25, -0.2) is 0 Å². The maximum Gasteiger partial charge on any atom is 0.193 e. The molecule has 0 saturated heterocycles. The van der Waals surface area contributed by atoms with Gasteiger partial charge in [0.2, 0.25) is 0 Å². The molecule has 0 bridgehead atoms. The summed E-state index contributed by atoms with van der Waals surface area (Å²) in [6.07, 6.45) is 0.868. The van der Waals surface area contributed by atoms with Crippen molar-refractivity contribution < 1.29 is 9.47 Å². The number of likely N-dealkylation sites (N-methyl/N-ethyl adjacent to an activating group) is 1. The van der Waals surface area contributed by atoms with Crippen LogP contribution in [0.15, 0.2) is 23.2 Å². The van der Waals surface area contributed by atoms with Crippen molar-refractivity contribution in [2.45, 2.75) is 6.42 Å². The summed E-state index contributed by atoms with van der Waals surface area (Å²) in [5, 5.41) is 3.35. The Morgan fingerprint density at radius 1 is 1.30 bits per heavy atom. The second-order valence-corrected chi connectivity index (χ2v) is 4.48. The van der Waals surface area contributed by atoms with Crippen molar-refractivity contribution in [2.24, 2.45) is 4.99 Å². The third-order valence-corrected chi connectivity index (χ3v) is 3.22. The number of hydrogen-bond donors (Lipinski definition) is 1. The highest BCUT2D eigenvalue weighted by molar-refractivity contribution is 14.0. The van der Waals surface area contributed by atoms with Crippen LogP contribution < -0.4 is 14.8 Å². The predicted molar refractivity (Wildman–Crippen MR) is 91.6 cm³/mol. The Balaban J connectivity index is 0.00000200. The SMILES string of the molecule is COc1ccc(OC)c(CCNC2=NCCN2C)c1.I. The molecule has 1 N–H and O–H groups in total. The number of methoxy groups -OCH3 is 2. The number of halogens is 1. The summed E-state index contributed by atoms with van der Waals surface area (Å²) >= 11 is 0. The first-order valence-corrected chi connectivity index (χ1v) is 6.45. The lowest BCUT2D eigenvalue weighted by Crippen LogP contribution is -2.36. The highest BCUT2D eigenvalue weighted by Gasteiger charge is 2.11. The van der Waals surface area contributed by atoms with Crippen molar-refractivity contribution in [1.29, 1.82) is 0 Å². The average molecular weight is 391 g/mol. The number of rotatable bonds is 5. The molecule has 0 spiro atoms. The third kappa shape index (κ3) is 4.16. The molecule has 1 aromatic rings. The molecule has 20 heavy (non-hydrogen) atoms. The zero-order valence-electron chi connectivity index (χ0n) is 12.2. The van der Waals surface area contributed by atoms with Gasteiger partial charge in [0.15, 0.2) is 5.96 Å². The fraction of sp³-hybridized carbons (Fsp3) is 0.500. The largest absolute Gasteiger partial charge is 0.497 e. The number of hydrogen-bond acceptors (Lipinski definition) is 5. The van der Waals surface area contributed by atoms with E-state index in [1.807, 2.05) is 25.2 Å². The van der Waals surface area contributed by atoms with E-state index < -0.39 is 0 Å². The van der Waals surface area contributed by atoms with E-state index in [-0.39, 0.29) is 24.0 Å². The Hall–Kier alpha value is -1.18. The van der Waals surface area contributed by atoms with E-state index in [0.29, 0.717) is 0 Å². The third-order valence-electron chi connectivity index (χ3n) is 3.22. The monoisotopic (exact) mass is 391 g/mol. The van der Waals surface area contributed by atoms with Gasteiger partial charge in [0.1, 0.15) is 11.5 Å². The van der Waals surface area contributed by atoms with E-state index in [4.69, 9.17) is 9.47 Å². The molecular formula is C14H22IN3O2. The molecule has 0 atom stereocenters. The predicted octanol–water partition coefficient (Wildman–Crippen LogP) is 1.76.